The van der Waals surface area contributed by atoms with E-state index in [0.29, 0.717) is 6.42 Å². The number of rotatable bonds is 4. The Morgan fingerprint density at radius 3 is 2.53 bits per heavy atom. The molecule has 0 amide bonds. The zero-order chi connectivity index (χ0) is 13.8. The quantitative estimate of drug-likeness (QED) is 0.726. The molecule has 0 unspecified atom stereocenters. The highest BCUT2D eigenvalue weighted by molar-refractivity contribution is 6.02. The van der Waals surface area contributed by atoms with Gasteiger partial charge in [-0.05, 0) is 30.2 Å². The van der Waals surface area contributed by atoms with Gasteiger partial charge in [-0.1, -0.05) is 24.3 Å². The van der Waals surface area contributed by atoms with Crippen molar-refractivity contribution in [2.45, 2.75) is 12.5 Å². The van der Waals surface area contributed by atoms with E-state index >= 15 is 0 Å². The zero-order valence-electron chi connectivity index (χ0n) is 10.2. The van der Waals surface area contributed by atoms with Gasteiger partial charge >= 0.3 is 0 Å². The average molecular weight is 256 g/mol. The third kappa shape index (κ3) is 3.11. The van der Waals surface area contributed by atoms with Gasteiger partial charge in [-0.15, -0.1) is 0 Å². The highest BCUT2D eigenvalue weighted by Gasteiger charge is 2.19. The van der Waals surface area contributed by atoms with Crippen LogP contribution in [0, 0.1) is 6.07 Å². The van der Waals surface area contributed by atoms with E-state index in [1.54, 1.807) is 30.3 Å². The highest BCUT2D eigenvalue weighted by atomic mass is 16.3. The summed E-state index contributed by atoms with van der Waals surface area (Å²) in [6.07, 6.45) is 0.341. The molecule has 0 aromatic heterocycles. The fraction of sp³-hybridized carbons (Fsp3) is 0.133. The molecule has 0 heterocycles. The second-order valence-corrected chi connectivity index (χ2v) is 4.27. The van der Waals surface area contributed by atoms with E-state index in [1.807, 2.05) is 0 Å². The van der Waals surface area contributed by atoms with Crippen molar-refractivity contribution in [1.29, 1.82) is 0 Å². The number of phenolic OH excluding ortho intramolecular Hbond substituents is 2. The molecule has 0 saturated carbocycles. The lowest BCUT2D eigenvalue weighted by Gasteiger charge is -2.11. The van der Waals surface area contributed by atoms with Crippen LogP contribution in [0.1, 0.15) is 15.9 Å². The lowest BCUT2D eigenvalue weighted by atomic mass is 9.98. The summed E-state index contributed by atoms with van der Waals surface area (Å²) >= 11 is 0. The Bertz CT molecular complexity index is 578. The largest absolute Gasteiger partial charge is 0.508 e. The molecule has 19 heavy (non-hydrogen) atoms. The number of nitrogens with two attached hydrogens (primary N) is 1. The Kier molecular flexibility index (Phi) is 3.82. The van der Waals surface area contributed by atoms with E-state index in [4.69, 9.17) is 5.73 Å². The maximum Gasteiger partial charge on any atom is 0.183 e. The van der Waals surface area contributed by atoms with Crippen LogP contribution in [0.15, 0.2) is 42.5 Å². The monoisotopic (exact) mass is 256 g/mol. The number of hydrogen-bond donors (Lipinski definition) is 3. The summed E-state index contributed by atoms with van der Waals surface area (Å²) in [6.45, 7) is 0. The fourth-order valence-corrected chi connectivity index (χ4v) is 1.81. The van der Waals surface area contributed by atoms with E-state index in [0.717, 1.165) is 5.56 Å². The van der Waals surface area contributed by atoms with Gasteiger partial charge in [-0.2, -0.15) is 0 Å². The van der Waals surface area contributed by atoms with Gasteiger partial charge in [-0.3, -0.25) is 4.79 Å². The van der Waals surface area contributed by atoms with E-state index in [9.17, 15) is 15.0 Å². The first-order valence-corrected chi connectivity index (χ1v) is 5.85. The molecule has 4 N–H and O–H groups in total. The maximum atomic E-state index is 12.1. The minimum absolute atomic E-state index is 0.166. The molecular formula is C15H14NO3. The Morgan fingerprint density at radius 1 is 1.21 bits per heavy atom. The van der Waals surface area contributed by atoms with Crippen LogP contribution < -0.4 is 5.73 Å². The number of carbonyl (C=O) groups is 1. The van der Waals surface area contributed by atoms with Crippen LogP contribution in [-0.4, -0.2) is 22.0 Å². The third-order valence-electron chi connectivity index (χ3n) is 2.83. The highest BCUT2D eigenvalue weighted by Crippen LogP contribution is 2.18. The summed E-state index contributed by atoms with van der Waals surface area (Å²) in [6, 6.07) is 13.0. The van der Waals surface area contributed by atoms with E-state index in [-0.39, 0.29) is 22.8 Å². The summed E-state index contributed by atoms with van der Waals surface area (Å²) < 4.78 is 0. The smallest absolute Gasteiger partial charge is 0.183 e. The van der Waals surface area contributed by atoms with Gasteiger partial charge in [0, 0.05) is 6.07 Å². The van der Waals surface area contributed by atoms with Crippen molar-refractivity contribution in [3.05, 3.63) is 59.7 Å². The number of carbonyl (C=O) groups excluding carboxylic acids is 1. The molecule has 1 radical (unpaired) electrons. The van der Waals surface area contributed by atoms with Gasteiger partial charge in [0.2, 0.25) is 0 Å². The van der Waals surface area contributed by atoms with Crippen molar-refractivity contribution >= 4 is 5.78 Å². The van der Waals surface area contributed by atoms with Crippen molar-refractivity contribution in [3.8, 4) is 11.5 Å². The Balaban J connectivity index is 2.12. The summed E-state index contributed by atoms with van der Waals surface area (Å²) in [4.78, 5) is 12.1. The molecule has 4 nitrogen and oxygen atoms in total. The predicted molar refractivity (Wildman–Crippen MR) is 71.1 cm³/mol. The van der Waals surface area contributed by atoms with Gasteiger partial charge in [-0.25, -0.2) is 0 Å². The van der Waals surface area contributed by atoms with Gasteiger partial charge < -0.3 is 15.9 Å². The van der Waals surface area contributed by atoms with Crippen LogP contribution in [0.3, 0.4) is 0 Å². The van der Waals surface area contributed by atoms with E-state index in [2.05, 4.69) is 6.07 Å². The van der Waals surface area contributed by atoms with Gasteiger partial charge in [0.15, 0.2) is 5.78 Å². The molecule has 0 bridgehead atoms. The molecule has 0 aliphatic heterocycles. The number of ketones is 1. The van der Waals surface area contributed by atoms with Gasteiger partial charge in [0.1, 0.15) is 11.5 Å². The second kappa shape index (κ2) is 5.54. The van der Waals surface area contributed by atoms with Crippen LogP contribution in [0.2, 0.25) is 0 Å². The minimum atomic E-state index is -0.744. The molecular weight excluding hydrogens is 242 g/mol. The maximum absolute atomic E-state index is 12.1. The first kappa shape index (κ1) is 13.1. The fourth-order valence-electron chi connectivity index (χ4n) is 1.81. The van der Waals surface area contributed by atoms with Crippen LogP contribution in [0.25, 0.3) is 0 Å². The second-order valence-electron chi connectivity index (χ2n) is 4.27. The molecule has 0 spiro atoms. The Morgan fingerprint density at radius 2 is 1.89 bits per heavy atom. The summed E-state index contributed by atoms with van der Waals surface area (Å²) in [7, 11) is 0. The SMILES string of the molecule is N[C@@H](Cc1ccc(O)cc1)C(=O)c1ccc[c]c1O. The molecule has 97 valence electrons. The molecule has 0 aliphatic rings. The van der Waals surface area contributed by atoms with Crippen molar-refractivity contribution in [3.63, 3.8) is 0 Å². The molecule has 4 heteroatoms. The van der Waals surface area contributed by atoms with Crippen LogP contribution >= 0.6 is 0 Å². The first-order valence-electron chi connectivity index (χ1n) is 5.85. The number of aromatic hydroxyl groups is 2. The number of phenols is 2. The van der Waals surface area contributed by atoms with Crippen molar-refractivity contribution in [2.75, 3.05) is 0 Å². The lowest BCUT2D eigenvalue weighted by molar-refractivity contribution is 0.0958. The standard InChI is InChI=1S/C15H14NO3/c16-13(9-10-5-7-11(17)8-6-10)15(19)12-3-1-2-4-14(12)18/h1-3,5-8,13,17-18H,9,16H2/t13-/m0/s1. The molecule has 0 aliphatic carbocycles. The number of benzene rings is 2. The Labute approximate surface area is 111 Å². The average Bonchev–Trinajstić information content (AvgIpc) is 2.41. The molecule has 2 aromatic rings. The number of para-hydroxylation sites is 1. The third-order valence-corrected chi connectivity index (χ3v) is 2.83. The van der Waals surface area contributed by atoms with Crippen LogP contribution in [-0.2, 0) is 6.42 Å². The first-order chi connectivity index (χ1) is 9.08. The van der Waals surface area contributed by atoms with Crippen molar-refractivity contribution < 1.29 is 15.0 Å². The molecule has 2 rings (SSSR count). The van der Waals surface area contributed by atoms with Crippen molar-refractivity contribution in [1.82, 2.24) is 0 Å². The predicted octanol–water partition coefficient (Wildman–Crippen LogP) is 1.65. The van der Waals surface area contributed by atoms with Crippen molar-refractivity contribution in [2.24, 2.45) is 5.73 Å². The van der Waals surface area contributed by atoms with Crippen LogP contribution in [0.5, 0.6) is 11.5 Å². The van der Waals surface area contributed by atoms with Gasteiger partial charge in [0.25, 0.3) is 0 Å². The number of Topliss-reactive ketones (excluding diaryl/α,β-unsaturated/α-hetero) is 1. The number of hydrogen-bond acceptors (Lipinski definition) is 4. The molecule has 2 aromatic carbocycles. The van der Waals surface area contributed by atoms with E-state index in [1.165, 1.54) is 12.1 Å². The summed E-state index contributed by atoms with van der Waals surface area (Å²) in [5.41, 5.74) is 6.87. The normalized spacial score (nSPS) is 12.1. The minimum Gasteiger partial charge on any atom is -0.508 e. The summed E-state index contributed by atoms with van der Waals surface area (Å²) in [5, 5.41) is 18.7. The van der Waals surface area contributed by atoms with Crippen LogP contribution in [0.4, 0.5) is 0 Å². The molecule has 1 atom stereocenters. The summed E-state index contributed by atoms with van der Waals surface area (Å²) in [5.74, 6) is -0.352. The zero-order valence-corrected chi connectivity index (χ0v) is 10.2. The van der Waals surface area contributed by atoms with Gasteiger partial charge in [0.05, 0.1) is 11.6 Å². The molecule has 0 fully saturated rings. The molecule has 0 saturated heterocycles. The Hall–Kier alpha value is -2.33. The lowest BCUT2D eigenvalue weighted by Crippen LogP contribution is -2.32. The van der Waals surface area contributed by atoms with E-state index < -0.39 is 6.04 Å². The topological polar surface area (TPSA) is 83.5 Å².